The van der Waals surface area contributed by atoms with Crippen LogP contribution in [0, 0.1) is 17.8 Å². The van der Waals surface area contributed by atoms with Gasteiger partial charge in [-0.15, -0.1) is 0 Å². The predicted molar refractivity (Wildman–Crippen MR) is 253 cm³/mol. The largest absolute Gasteiger partial charge is 0.481 e. The van der Waals surface area contributed by atoms with Gasteiger partial charge in [0.2, 0.25) is 0 Å². The molecule has 2 fully saturated rings. The van der Waals surface area contributed by atoms with E-state index in [0.717, 1.165) is 49.5 Å². The van der Waals surface area contributed by atoms with Crippen molar-refractivity contribution in [3.05, 3.63) is 34.9 Å². The average Bonchev–Trinajstić information content (AvgIpc) is 3.27. The SMILES string of the molecule is CCCCC[C@H](O)/C=C/[C@@H]1[C@H](O)[C@H](O)[C@H]2COP(=O)(O)OP(=O)(O)OC[C@H](OC(=O)CCCCCCCCCCC(C)C)COC(=O)CCCCCC[C@@H](C(=O)C[C@H]1O)[C@H](n1ccc(N)nc1=O)O2. The zero-order chi connectivity index (χ0) is 51.0. The number of nitrogens with two attached hydrogens (primary N) is 1. The molecule has 2 aliphatic rings. The van der Waals surface area contributed by atoms with Crippen LogP contribution >= 0.6 is 15.6 Å². The summed E-state index contributed by atoms with van der Waals surface area (Å²) < 4.78 is 58.9. The Balaban J connectivity index is 1.88. The van der Waals surface area contributed by atoms with E-state index in [4.69, 9.17) is 29.0 Å². The van der Waals surface area contributed by atoms with E-state index in [1.165, 1.54) is 43.7 Å². The molecule has 0 aliphatic carbocycles. The number of cyclic esters (lactones) is 1. The first kappa shape index (κ1) is 60.4. The van der Waals surface area contributed by atoms with Gasteiger partial charge in [0.15, 0.2) is 6.10 Å². The molecule has 0 amide bonds. The summed E-state index contributed by atoms with van der Waals surface area (Å²) in [5.41, 5.74) is 4.75. The molecule has 2 aliphatic heterocycles. The van der Waals surface area contributed by atoms with E-state index in [9.17, 15) is 58.5 Å². The number of anilines is 1. The Labute approximate surface area is 405 Å². The second kappa shape index (κ2) is 31.5. The first-order valence-corrected chi connectivity index (χ1v) is 27.7. The number of rotatable bonds is 19. The normalized spacial score (nSPS) is 30.4. The van der Waals surface area contributed by atoms with E-state index in [1.807, 2.05) is 6.92 Å². The monoisotopic (exact) mass is 1020 g/mol. The summed E-state index contributed by atoms with van der Waals surface area (Å²) in [4.78, 5) is 78.3. The van der Waals surface area contributed by atoms with Crippen molar-refractivity contribution >= 4 is 39.2 Å². The highest BCUT2D eigenvalue weighted by Crippen LogP contribution is 2.60. The average molecular weight is 1020 g/mol. The number of aromatic nitrogens is 2. The Hall–Kier alpha value is -2.91. The minimum absolute atomic E-state index is 0.00138. The van der Waals surface area contributed by atoms with Crippen molar-refractivity contribution in [2.24, 2.45) is 17.8 Å². The molecule has 3 heterocycles. The Morgan fingerprint density at radius 1 is 0.884 bits per heavy atom. The number of hydrogen-bond acceptors (Lipinski definition) is 18. The van der Waals surface area contributed by atoms with Gasteiger partial charge in [-0.2, -0.15) is 9.29 Å². The number of aliphatic hydroxyl groups excluding tert-OH is 4. The minimum atomic E-state index is -5.71. The second-order valence-electron chi connectivity index (χ2n) is 18.6. The van der Waals surface area contributed by atoms with Crippen LogP contribution in [0.4, 0.5) is 5.82 Å². The van der Waals surface area contributed by atoms with Crippen LogP contribution in [0.3, 0.4) is 0 Å². The van der Waals surface area contributed by atoms with Crippen LogP contribution in [-0.2, 0) is 51.1 Å². The molecule has 2 saturated heterocycles. The number of carbonyl (C=O) groups is 3. The smallest absolute Gasteiger partial charge is 0.462 e. The number of unbranched alkanes of at least 4 members (excludes halogenated alkanes) is 9. The van der Waals surface area contributed by atoms with E-state index < -0.39 is 120 Å². The summed E-state index contributed by atoms with van der Waals surface area (Å²) in [5, 5.41) is 45.5. The molecule has 69 heavy (non-hydrogen) atoms. The molecule has 1 aromatic heterocycles. The van der Waals surface area contributed by atoms with Gasteiger partial charge in [-0.25, -0.2) is 13.9 Å². The Morgan fingerprint density at radius 3 is 2.19 bits per heavy atom. The summed E-state index contributed by atoms with van der Waals surface area (Å²) >= 11 is 0. The van der Waals surface area contributed by atoms with Gasteiger partial charge in [0.25, 0.3) is 0 Å². The number of aliphatic hydroxyl groups is 4. The van der Waals surface area contributed by atoms with Gasteiger partial charge in [0, 0.05) is 31.4 Å². The number of ether oxygens (including phenoxy) is 3. The lowest BCUT2D eigenvalue weighted by Gasteiger charge is -2.38. The highest BCUT2D eigenvalue weighted by Gasteiger charge is 2.45. The summed E-state index contributed by atoms with van der Waals surface area (Å²) in [6.07, 6.45) is 4.48. The Bertz CT molecular complexity index is 1890. The third-order valence-electron chi connectivity index (χ3n) is 12.2. The zero-order valence-electron chi connectivity index (χ0n) is 40.5. The molecule has 1 aromatic rings. The maximum atomic E-state index is 14.3. The van der Waals surface area contributed by atoms with Gasteiger partial charge in [-0.1, -0.05) is 123 Å². The number of nitrogen functional groups attached to an aromatic ring is 1. The van der Waals surface area contributed by atoms with Crippen molar-refractivity contribution in [1.29, 1.82) is 0 Å². The molecule has 3 rings (SSSR count). The molecule has 2 bridgehead atoms. The van der Waals surface area contributed by atoms with Crippen LogP contribution in [0.5, 0.6) is 0 Å². The molecular formula is C46H79N3O18P2. The first-order valence-electron chi connectivity index (χ1n) is 24.7. The minimum Gasteiger partial charge on any atom is -0.462 e. The van der Waals surface area contributed by atoms with Crippen LogP contribution in [0.1, 0.15) is 162 Å². The van der Waals surface area contributed by atoms with Crippen molar-refractivity contribution in [3.8, 4) is 0 Å². The quantitative estimate of drug-likeness (QED) is 0.0355. The number of carbonyl (C=O) groups excluding carboxylic acids is 3. The van der Waals surface area contributed by atoms with Gasteiger partial charge < -0.3 is 50.2 Å². The molecule has 396 valence electrons. The number of hydrogen-bond donors (Lipinski definition) is 7. The topological polar surface area (TPSA) is 323 Å². The van der Waals surface area contributed by atoms with Gasteiger partial charge >= 0.3 is 33.3 Å². The molecule has 8 N–H and O–H groups in total. The number of Topliss-reactive ketones (excluding diaryl/α,β-unsaturated/α-hetero) is 1. The number of fused-ring (bicyclic) bond motifs is 3. The fourth-order valence-corrected chi connectivity index (χ4v) is 10.3. The molecule has 21 nitrogen and oxygen atoms in total. The zero-order valence-corrected chi connectivity index (χ0v) is 42.3. The number of phosphoric ester groups is 2. The number of esters is 2. The van der Waals surface area contributed by atoms with Crippen molar-refractivity contribution in [2.45, 2.75) is 198 Å². The van der Waals surface area contributed by atoms with E-state index in [1.54, 1.807) is 0 Å². The van der Waals surface area contributed by atoms with Gasteiger partial charge in [0.05, 0.1) is 37.4 Å². The van der Waals surface area contributed by atoms with E-state index in [2.05, 4.69) is 23.1 Å². The lowest BCUT2D eigenvalue weighted by Crippen LogP contribution is -2.51. The van der Waals surface area contributed by atoms with Crippen LogP contribution in [0.15, 0.2) is 29.2 Å². The fourth-order valence-electron chi connectivity index (χ4n) is 8.21. The van der Waals surface area contributed by atoms with E-state index >= 15 is 0 Å². The van der Waals surface area contributed by atoms with Crippen LogP contribution in [0.2, 0.25) is 0 Å². The Morgan fingerprint density at radius 2 is 1.52 bits per heavy atom. The highest BCUT2D eigenvalue weighted by atomic mass is 31.3. The summed E-state index contributed by atoms with van der Waals surface area (Å²) in [7, 11) is -11.3. The molecule has 23 heteroatoms. The molecule has 11 atom stereocenters. The summed E-state index contributed by atoms with van der Waals surface area (Å²) in [5.74, 6) is -4.24. The van der Waals surface area contributed by atoms with Gasteiger partial charge in [-0.05, 0) is 37.7 Å². The third-order valence-corrected chi connectivity index (χ3v) is 14.8. The number of nitrogens with zero attached hydrogens (tertiary/aromatic N) is 2. The van der Waals surface area contributed by atoms with Crippen molar-refractivity contribution in [2.75, 3.05) is 25.6 Å². The Kier molecular flexibility index (Phi) is 27.6. The number of phosphoric acid groups is 2. The summed E-state index contributed by atoms with van der Waals surface area (Å²) in [6.45, 7) is 3.69. The van der Waals surface area contributed by atoms with E-state index in [0.29, 0.717) is 50.9 Å². The van der Waals surface area contributed by atoms with Crippen molar-refractivity contribution in [1.82, 2.24) is 9.55 Å². The second-order valence-corrected chi connectivity index (χ2v) is 21.6. The maximum Gasteiger partial charge on any atom is 0.481 e. The standard InChI is InChI=1S/C46H79N3O18P2/c1-4-5-14-20-33(50)24-25-35-37(51)28-38(52)36-21-16-12-13-17-22-41(53)62-29-34(65-42(54)23-18-11-9-7-6-8-10-15-19-32(2)3)30-63-68(58,59)67-69(60,61)64-31-39(44(56)43(35)55)66-45(36)49-27-26-40(47)48-46(49)57/h24-27,32-37,39,43-45,50-51,55-56H,4-23,28-31H2,1-3H3,(H,58,59)(H,60,61)(H2,47,48,57)/b25-24+/t33-,34+,35-,36-,37+,39+,43-,44+,45+/m0/s1. The van der Waals surface area contributed by atoms with Gasteiger partial charge in [-0.3, -0.25) is 28.0 Å². The van der Waals surface area contributed by atoms with Crippen LogP contribution in [-0.4, -0.2) is 114 Å². The van der Waals surface area contributed by atoms with Crippen molar-refractivity contribution < 1.29 is 81.3 Å². The molecular weight excluding hydrogens is 944 g/mol. The summed E-state index contributed by atoms with van der Waals surface area (Å²) in [6, 6.07) is 1.23. The fraction of sp³-hybridized carbons (Fsp3) is 0.804. The van der Waals surface area contributed by atoms with E-state index in [-0.39, 0.29) is 25.1 Å². The van der Waals surface area contributed by atoms with Gasteiger partial charge in [0.1, 0.15) is 36.6 Å². The first-order chi connectivity index (χ1) is 32.7. The lowest BCUT2D eigenvalue weighted by atomic mass is 9.83. The highest BCUT2D eigenvalue weighted by molar-refractivity contribution is 7.61. The molecule has 0 saturated carbocycles. The number of ketones is 1. The lowest BCUT2D eigenvalue weighted by molar-refractivity contribution is -0.184. The molecule has 0 radical (unpaired) electrons. The molecule has 2 unspecified atom stereocenters. The molecule has 0 aromatic carbocycles. The van der Waals surface area contributed by atoms with Crippen molar-refractivity contribution in [3.63, 3.8) is 0 Å². The predicted octanol–water partition coefficient (Wildman–Crippen LogP) is 6.11. The third kappa shape index (κ3) is 23.5. The molecule has 0 spiro atoms. The van der Waals surface area contributed by atoms with Crippen LogP contribution < -0.4 is 11.4 Å². The maximum absolute atomic E-state index is 14.3. The van der Waals surface area contributed by atoms with Crippen LogP contribution in [0.25, 0.3) is 0 Å².